The fraction of sp³-hybridized carbons (Fsp3) is 0.378. The van der Waals surface area contributed by atoms with Crippen LogP contribution < -0.4 is 10.1 Å². The van der Waals surface area contributed by atoms with Crippen molar-refractivity contribution in [3.05, 3.63) is 107 Å². The SMILES string of the molecule is CCN1C(=O)N[C@@H](c2cccc(Oc3ccccc3)c2)C2=C1CN([C@@H](CC(C)C)C(=O)N(CCN(C)C)Cc1ccccc1)C2=O. The summed E-state index contributed by atoms with van der Waals surface area (Å²) in [6, 6.07) is 25.3. The van der Waals surface area contributed by atoms with Gasteiger partial charge in [0.05, 0.1) is 23.9 Å². The molecule has 9 nitrogen and oxygen atoms in total. The van der Waals surface area contributed by atoms with Crippen molar-refractivity contribution in [1.29, 1.82) is 0 Å². The highest BCUT2D eigenvalue weighted by atomic mass is 16.5. The quantitative estimate of drug-likeness (QED) is 0.265. The Hall–Kier alpha value is -4.63. The summed E-state index contributed by atoms with van der Waals surface area (Å²) in [6.07, 6.45) is 0.511. The molecule has 0 unspecified atom stereocenters. The predicted octanol–water partition coefficient (Wildman–Crippen LogP) is 5.67. The lowest BCUT2D eigenvalue weighted by atomic mass is 9.95. The van der Waals surface area contributed by atoms with Gasteiger partial charge in [0.15, 0.2) is 0 Å². The van der Waals surface area contributed by atoms with Crippen LogP contribution in [-0.4, -0.2) is 83.8 Å². The van der Waals surface area contributed by atoms with Crippen LogP contribution in [0.4, 0.5) is 4.79 Å². The smallest absolute Gasteiger partial charge is 0.322 e. The number of rotatable bonds is 13. The minimum absolute atomic E-state index is 0.0789. The van der Waals surface area contributed by atoms with Crippen molar-refractivity contribution in [2.24, 2.45) is 5.92 Å². The Morgan fingerprint density at radius 1 is 0.935 bits per heavy atom. The molecule has 3 aromatic rings. The number of carbonyl (C=O) groups is 3. The van der Waals surface area contributed by atoms with Crippen LogP contribution in [0.15, 0.2) is 96.2 Å². The van der Waals surface area contributed by atoms with Gasteiger partial charge in [-0.15, -0.1) is 0 Å². The minimum Gasteiger partial charge on any atom is -0.457 e. The second kappa shape index (κ2) is 14.6. The third-order valence-corrected chi connectivity index (χ3v) is 8.44. The van der Waals surface area contributed by atoms with Gasteiger partial charge in [-0.05, 0) is 68.8 Å². The molecule has 0 saturated heterocycles. The number of likely N-dealkylation sites (N-methyl/N-ethyl adjacent to an activating group) is 2. The second-order valence-electron chi connectivity index (χ2n) is 12.6. The van der Waals surface area contributed by atoms with E-state index >= 15 is 0 Å². The maximum atomic E-state index is 14.5. The number of nitrogens with zero attached hydrogens (tertiary/aromatic N) is 4. The molecule has 1 N–H and O–H groups in total. The first-order chi connectivity index (χ1) is 22.2. The van der Waals surface area contributed by atoms with Crippen LogP contribution in [0, 0.1) is 5.92 Å². The molecule has 3 aromatic carbocycles. The lowest BCUT2D eigenvalue weighted by Gasteiger charge is -2.34. The molecule has 5 rings (SSSR count). The molecule has 0 aromatic heterocycles. The number of ether oxygens (including phenoxy) is 1. The van der Waals surface area contributed by atoms with Gasteiger partial charge in [0, 0.05) is 26.2 Å². The summed E-state index contributed by atoms with van der Waals surface area (Å²) >= 11 is 0. The van der Waals surface area contributed by atoms with E-state index in [-0.39, 0.29) is 30.3 Å². The summed E-state index contributed by atoms with van der Waals surface area (Å²) in [4.78, 5) is 49.7. The van der Waals surface area contributed by atoms with Gasteiger partial charge in [-0.1, -0.05) is 74.5 Å². The van der Waals surface area contributed by atoms with Crippen LogP contribution in [0.5, 0.6) is 11.5 Å². The van der Waals surface area contributed by atoms with Crippen molar-refractivity contribution >= 4 is 17.8 Å². The Morgan fingerprint density at radius 2 is 1.61 bits per heavy atom. The van der Waals surface area contributed by atoms with E-state index in [9.17, 15) is 14.4 Å². The van der Waals surface area contributed by atoms with Gasteiger partial charge in [-0.2, -0.15) is 0 Å². The third-order valence-electron chi connectivity index (χ3n) is 8.44. The Kier molecular flexibility index (Phi) is 10.4. The summed E-state index contributed by atoms with van der Waals surface area (Å²) in [5.41, 5.74) is 2.93. The highest BCUT2D eigenvalue weighted by molar-refractivity contribution is 6.03. The molecule has 242 valence electrons. The van der Waals surface area contributed by atoms with E-state index in [0.717, 1.165) is 11.1 Å². The first kappa shape index (κ1) is 32.8. The van der Waals surface area contributed by atoms with Crippen molar-refractivity contribution in [3.63, 3.8) is 0 Å². The summed E-state index contributed by atoms with van der Waals surface area (Å²) in [5.74, 6) is 1.16. The topological polar surface area (TPSA) is 85.4 Å². The molecule has 0 spiro atoms. The zero-order chi connectivity index (χ0) is 32.8. The highest BCUT2D eigenvalue weighted by Crippen LogP contribution is 2.39. The molecule has 2 aliphatic rings. The van der Waals surface area contributed by atoms with Crippen molar-refractivity contribution < 1.29 is 19.1 Å². The first-order valence-electron chi connectivity index (χ1n) is 16.1. The molecule has 0 radical (unpaired) electrons. The summed E-state index contributed by atoms with van der Waals surface area (Å²) in [5, 5.41) is 3.07. The number of hydrogen-bond acceptors (Lipinski definition) is 5. The molecular weight excluding hydrogens is 578 g/mol. The summed E-state index contributed by atoms with van der Waals surface area (Å²) in [7, 11) is 3.98. The molecule has 0 saturated carbocycles. The summed E-state index contributed by atoms with van der Waals surface area (Å²) < 4.78 is 6.08. The van der Waals surface area contributed by atoms with Gasteiger partial charge in [0.2, 0.25) is 5.91 Å². The van der Waals surface area contributed by atoms with Crippen LogP contribution in [0.3, 0.4) is 0 Å². The lowest BCUT2D eigenvalue weighted by molar-refractivity contribution is -0.144. The Balaban J connectivity index is 1.47. The number of benzene rings is 3. The predicted molar refractivity (Wildman–Crippen MR) is 179 cm³/mol. The third kappa shape index (κ3) is 7.42. The van der Waals surface area contributed by atoms with Crippen molar-refractivity contribution in [2.45, 2.75) is 45.8 Å². The number of nitrogens with one attached hydrogen (secondary N) is 1. The van der Waals surface area contributed by atoms with Gasteiger partial charge in [-0.25, -0.2) is 4.79 Å². The molecule has 4 amide bonds. The average Bonchev–Trinajstić information content (AvgIpc) is 3.38. The van der Waals surface area contributed by atoms with Crippen LogP contribution in [0.1, 0.15) is 44.4 Å². The summed E-state index contributed by atoms with van der Waals surface area (Å²) in [6.45, 7) is 8.31. The van der Waals surface area contributed by atoms with E-state index in [2.05, 4.69) is 24.1 Å². The number of urea groups is 1. The van der Waals surface area contributed by atoms with E-state index in [1.165, 1.54) is 0 Å². The molecule has 0 fully saturated rings. The fourth-order valence-corrected chi connectivity index (χ4v) is 6.14. The first-order valence-corrected chi connectivity index (χ1v) is 16.1. The van der Waals surface area contributed by atoms with E-state index < -0.39 is 12.1 Å². The average molecular weight is 624 g/mol. The van der Waals surface area contributed by atoms with Crippen LogP contribution in [0.2, 0.25) is 0 Å². The fourth-order valence-electron chi connectivity index (χ4n) is 6.14. The Labute approximate surface area is 272 Å². The number of carbonyl (C=O) groups excluding carboxylic acids is 3. The molecule has 2 aliphatic heterocycles. The van der Waals surface area contributed by atoms with Gasteiger partial charge < -0.3 is 24.8 Å². The lowest BCUT2D eigenvalue weighted by Crippen LogP contribution is -2.51. The molecule has 2 atom stereocenters. The van der Waals surface area contributed by atoms with Crippen LogP contribution in [-0.2, 0) is 16.1 Å². The van der Waals surface area contributed by atoms with E-state index in [0.29, 0.717) is 55.4 Å². The maximum absolute atomic E-state index is 14.5. The molecular formula is C37H45N5O4. The normalized spacial score (nSPS) is 17.0. The second-order valence-corrected chi connectivity index (χ2v) is 12.6. The van der Waals surface area contributed by atoms with Crippen LogP contribution >= 0.6 is 0 Å². The van der Waals surface area contributed by atoms with Crippen molar-refractivity contribution in [1.82, 2.24) is 24.9 Å². The van der Waals surface area contributed by atoms with E-state index in [4.69, 9.17) is 4.74 Å². The largest absolute Gasteiger partial charge is 0.457 e. The number of hydrogen-bond donors (Lipinski definition) is 1. The zero-order valence-corrected chi connectivity index (χ0v) is 27.5. The maximum Gasteiger partial charge on any atom is 0.322 e. The Bertz CT molecular complexity index is 1560. The van der Waals surface area contributed by atoms with Crippen LogP contribution in [0.25, 0.3) is 0 Å². The Morgan fingerprint density at radius 3 is 2.26 bits per heavy atom. The van der Waals surface area contributed by atoms with Gasteiger partial charge >= 0.3 is 6.03 Å². The highest BCUT2D eigenvalue weighted by Gasteiger charge is 2.47. The van der Waals surface area contributed by atoms with Gasteiger partial charge in [-0.3, -0.25) is 14.5 Å². The van der Waals surface area contributed by atoms with Crippen molar-refractivity contribution in [3.8, 4) is 11.5 Å². The molecule has 0 bridgehead atoms. The van der Waals surface area contributed by atoms with E-state index in [1.807, 2.05) is 111 Å². The molecule has 46 heavy (non-hydrogen) atoms. The molecule has 9 heteroatoms. The minimum atomic E-state index is -0.675. The van der Waals surface area contributed by atoms with Gasteiger partial charge in [0.1, 0.15) is 17.5 Å². The number of para-hydroxylation sites is 1. The van der Waals surface area contributed by atoms with Gasteiger partial charge in [0.25, 0.3) is 5.91 Å². The molecule has 2 heterocycles. The van der Waals surface area contributed by atoms with Crippen molar-refractivity contribution in [2.75, 3.05) is 40.3 Å². The monoisotopic (exact) mass is 623 g/mol. The van der Waals surface area contributed by atoms with E-state index in [1.54, 1.807) is 9.80 Å². The standard InChI is InChI=1S/C37H45N5O4/c1-6-41-32-25-42(31(22-26(2)3)35(43)40(21-20-39(4)5)24-27-14-9-7-10-15-27)36(44)33(32)34(38-37(41)45)28-16-13-19-30(23-28)46-29-17-11-8-12-18-29/h7-19,23,26,31,34H,6,20-22,24-25H2,1-5H3,(H,38,45)/t31-,34-/m0/s1. The molecule has 0 aliphatic carbocycles. The zero-order valence-electron chi connectivity index (χ0n) is 27.5. The number of amides is 4.